The summed E-state index contributed by atoms with van der Waals surface area (Å²) in [6, 6.07) is 4.65. The first kappa shape index (κ1) is 16.6. The molecule has 120 valence electrons. The van der Waals surface area contributed by atoms with E-state index in [9.17, 15) is 13.2 Å². The molecule has 0 heterocycles. The summed E-state index contributed by atoms with van der Waals surface area (Å²) in [6.45, 7) is 4.14. The molecule has 0 radical (unpaired) electrons. The van der Waals surface area contributed by atoms with Gasteiger partial charge < -0.3 is 10.2 Å². The van der Waals surface area contributed by atoms with Crippen molar-refractivity contribution in [1.29, 1.82) is 0 Å². The standard InChI is InChI=1S/C14H18ClN3O3S/c1-3-8-18(11-5-6-11)14(19)16-10-4-7-13(12(15)9-10)17-22(2,20)21/h3-4,7,9,11,17H,1,5-6,8H2,2H3,(H,16,19). The number of carbonyl (C=O) groups is 1. The van der Waals surface area contributed by atoms with Crippen molar-refractivity contribution in [3.63, 3.8) is 0 Å². The fraction of sp³-hybridized carbons (Fsp3) is 0.357. The van der Waals surface area contributed by atoms with Crippen molar-refractivity contribution in [2.75, 3.05) is 22.8 Å². The van der Waals surface area contributed by atoms with Crippen molar-refractivity contribution < 1.29 is 13.2 Å². The molecule has 0 aliphatic heterocycles. The van der Waals surface area contributed by atoms with Gasteiger partial charge in [0.25, 0.3) is 0 Å². The van der Waals surface area contributed by atoms with Crippen molar-refractivity contribution >= 4 is 39.0 Å². The van der Waals surface area contributed by atoms with Gasteiger partial charge in [-0.3, -0.25) is 4.72 Å². The number of carbonyl (C=O) groups excluding carboxylic acids is 1. The first-order valence-electron chi connectivity index (χ1n) is 6.76. The molecule has 0 atom stereocenters. The van der Waals surface area contributed by atoms with Gasteiger partial charge in [-0.2, -0.15) is 0 Å². The van der Waals surface area contributed by atoms with Gasteiger partial charge in [-0.25, -0.2) is 13.2 Å². The Morgan fingerprint density at radius 3 is 2.68 bits per heavy atom. The summed E-state index contributed by atoms with van der Waals surface area (Å²) < 4.78 is 24.7. The molecular formula is C14H18ClN3O3S. The highest BCUT2D eigenvalue weighted by Gasteiger charge is 2.31. The zero-order valence-corrected chi connectivity index (χ0v) is 13.7. The predicted octanol–water partition coefficient (Wildman–Crippen LogP) is 2.89. The molecule has 1 saturated carbocycles. The molecule has 0 unspecified atom stereocenters. The van der Waals surface area contributed by atoms with Crippen LogP contribution in [0.25, 0.3) is 0 Å². The maximum atomic E-state index is 12.2. The third kappa shape index (κ3) is 4.64. The first-order chi connectivity index (χ1) is 10.3. The normalized spacial score (nSPS) is 14.3. The molecule has 0 bridgehead atoms. The second-order valence-corrected chi connectivity index (χ2v) is 7.33. The fourth-order valence-electron chi connectivity index (χ4n) is 1.99. The van der Waals surface area contributed by atoms with Crippen LogP contribution in [0, 0.1) is 0 Å². The SMILES string of the molecule is C=CCN(C(=O)Nc1ccc(NS(C)(=O)=O)c(Cl)c1)C1CC1. The lowest BCUT2D eigenvalue weighted by Gasteiger charge is -2.21. The van der Waals surface area contributed by atoms with Crippen LogP contribution in [0.1, 0.15) is 12.8 Å². The number of sulfonamides is 1. The number of hydrogen-bond acceptors (Lipinski definition) is 3. The summed E-state index contributed by atoms with van der Waals surface area (Å²) in [7, 11) is -3.40. The zero-order chi connectivity index (χ0) is 16.3. The highest BCUT2D eigenvalue weighted by molar-refractivity contribution is 7.92. The summed E-state index contributed by atoms with van der Waals surface area (Å²) in [6.07, 6.45) is 4.73. The number of hydrogen-bond donors (Lipinski definition) is 2. The lowest BCUT2D eigenvalue weighted by molar-refractivity contribution is 0.215. The molecule has 1 fully saturated rings. The first-order valence-corrected chi connectivity index (χ1v) is 9.03. The monoisotopic (exact) mass is 343 g/mol. The van der Waals surface area contributed by atoms with Gasteiger partial charge >= 0.3 is 6.03 Å². The highest BCUT2D eigenvalue weighted by Crippen LogP contribution is 2.29. The molecule has 0 spiro atoms. The average molecular weight is 344 g/mol. The van der Waals surface area contributed by atoms with Crippen LogP contribution in [-0.2, 0) is 10.0 Å². The summed E-state index contributed by atoms with van der Waals surface area (Å²) in [4.78, 5) is 13.9. The van der Waals surface area contributed by atoms with Crippen LogP contribution in [0.2, 0.25) is 5.02 Å². The number of rotatable bonds is 6. The Balaban J connectivity index is 2.08. The van der Waals surface area contributed by atoms with Gasteiger partial charge in [-0.1, -0.05) is 17.7 Å². The van der Waals surface area contributed by atoms with E-state index in [1.807, 2.05) is 0 Å². The second kappa shape index (κ2) is 6.58. The van der Waals surface area contributed by atoms with Gasteiger partial charge in [-0.05, 0) is 31.0 Å². The predicted molar refractivity (Wildman–Crippen MR) is 88.9 cm³/mol. The minimum Gasteiger partial charge on any atom is -0.318 e. The number of amides is 2. The Labute approximate surface area is 135 Å². The lowest BCUT2D eigenvalue weighted by atomic mass is 10.3. The molecule has 22 heavy (non-hydrogen) atoms. The smallest absolute Gasteiger partial charge is 0.318 e. The van der Waals surface area contributed by atoms with E-state index in [1.54, 1.807) is 17.0 Å². The van der Waals surface area contributed by atoms with E-state index in [2.05, 4.69) is 16.6 Å². The highest BCUT2D eigenvalue weighted by atomic mass is 35.5. The number of halogens is 1. The quantitative estimate of drug-likeness (QED) is 0.779. The molecule has 0 aromatic heterocycles. The van der Waals surface area contributed by atoms with E-state index < -0.39 is 10.0 Å². The molecule has 8 heteroatoms. The van der Waals surface area contributed by atoms with Crippen LogP contribution < -0.4 is 10.0 Å². The molecule has 2 amide bonds. The number of urea groups is 1. The van der Waals surface area contributed by atoms with E-state index in [-0.39, 0.29) is 22.8 Å². The minimum atomic E-state index is -3.40. The molecule has 1 aliphatic rings. The van der Waals surface area contributed by atoms with E-state index in [0.717, 1.165) is 19.1 Å². The number of nitrogens with one attached hydrogen (secondary N) is 2. The summed E-state index contributed by atoms with van der Waals surface area (Å²) >= 11 is 6.03. The van der Waals surface area contributed by atoms with Crippen LogP contribution >= 0.6 is 11.6 Å². The summed E-state index contributed by atoms with van der Waals surface area (Å²) in [5.41, 5.74) is 0.774. The Bertz CT molecular complexity index is 687. The Hall–Kier alpha value is -1.73. The zero-order valence-electron chi connectivity index (χ0n) is 12.2. The number of nitrogens with zero attached hydrogens (tertiary/aromatic N) is 1. The van der Waals surface area contributed by atoms with Crippen molar-refractivity contribution in [2.24, 2.45) is 0 Å². The minimum absolute atomic E-state index is 0.213. The van der Waals surface area contributed by atoms with Gasteiger partial charge in [0.15, 0.2) is 0 Å². The van der Waals surface area contributed by atoms with E-state index in [0.29, 0.717) is 12.2 Å². The molecule has 1 aromatic carbocycles. The Morgan fingerprint density at radius 2 is 2.18 bits per heavy atom. The van der Waals surface area contributed by atoms with E-state index >= 15 is 0 Å². The van der Waals surface area contributed by atoms with Gasteiger partial charge in [0.2, 0.25) is 10.0 Å². The maximum Gasteiger partial charge on any atom is 0.322 e. The van der Waals surface area contributed by atoms with Gasteiger partial charge in [0.05, 0.1) is 17.0 Å². The van der Waals surface area contributed by atoms with Crippen molar-refractivity contribution in [2.45, 2.75) is 18.9 Å². The van der Waals surface area contributed by atoms with Crippen molar-refractivity contribution in [1.82, 2.24) is 4.90 Å². The van der Waals surface area contributed by atoms with E-state index in [4.69, 9.17) is 11.6 Å². The molecule has 1 aliphatic carbocycles. The third-order valence-electron chi connectivity index (χ3n) is 3.09. The van der Waals surface area contributed by atoms with Crippen LogP contribution in [0.3, 0.4) is 0 Å². The maximum absolute atomic E-state index is 12.2. The van der Waals surface area contributed by atoms with Crippen LogP contribution in [0.4, 0.5) is 16.2 Å². The Kier molecular flexibility index (Phi) is 4.97. The topological polar surface area (TPSA) is 78.5 Å². The molecular weight excluding hydrogens is 326 g/mol. The van der Waals surface area contributed by atoms with Gasteiger partial charge in [-0.15, -0.1) is 6.58 Å². The molecule has 2 rings (SSSR count). The number of benzene rings is 1. The number of anilines is 2. The van der Waals surface area contributed by atoms with Crippen LogP contribution in [0.15, 0.2) is 30.9 Å². The van der Waals surface area contributed by atoms with Crippen LogP contribution in [0.5, 0.6) is 0 Å². The van der Waals surface area contributed by atoms with E-state index in [1.165, 1.54) is 12.1 Å². The summed E-state index contributed by atoms with van der Waals surface area (Å²) in [5, 5.41) is 2.97. The van der Waals surface area contributed by atoms with Crippen LogP contribution in [-0.4, -0.2) is 38.2 Å². The van der Waals surface area contributed by atoms with Gasteiger partial charge in [0, 0.05) is 18.3 Å². The third-order valence-corrected chi connectivity index (χ3v) is 3.99. The Morgan fingerprint density at radius 1 is 1.50 bits per heavy atom. The van der Waals surface area contributed by atoms with Crippen molar-refractivity contribution in [3.05, 3.63) is 35.9 Å². The largest absolute Gasteiger partial charge is 0.322 e. The molecule has 0 saturated heterocycles. The molecule has 6 nitrogen and oxygen atoms in total. The molecule has 2 N–H and O–H groups in total. The second-order valence-electron chi connectivity index (χ2n) is 5.17. The summed E-state index contributed by atoms with van der Waals surface area (Å²) in [5.74, 6) is 0. The average Bonchev–Trinajstić information content (AvgIpc) is 3.22. The molecule has 1 aromatic rings. The fourth-order valence-corrected chi connectivity index (χ4v) is 2.86. The lowest BCUT2D eigenvalue weighted by Crippen LogP contribution is -2.36. The van der Waals surface area contributed by atoms with Gasteiger partial charge in [0.1, 0.15) is 0 Å². The van der Waals surface area contributed by atoms with Crippen molar-refractivity contribution in [3.8, 4) is 0 Å².